The number of amides is 1. The summed E-state index contributed by atoms with van der Waals surface area (Å²) in [5.41, 5.74) is 2.95. The molecule has 1 saturated heterocycles. The van der Waals surface area contributed by atoms with Crippen molar-refractivity contribution in [3.05, 3.63) is 59.9 Å². The number of anilines is 1. The third-order valence-electron chi connectivity index (χ3n) is 4.69. The summed E-state index contributed by atoms with van der Waals surface area (Å²) in [5, 5.41) is 3.38. The monoisotopic (exact) mass is 410 g/mol. The van der Waals surface area contributed by atoms with Gasteiger partial charge in [-0.15, -0.1) is 24.8 Å². The van der Waals surface area contributed by atoms with Gasteiger partial charge in [-0.05, 0) is 42.3 Å². The van der Waals surface area contributed by atoms with Crippen molar-refractivity contribution in [1.82, 2.24) is 15.2 Å². The van der Waals surface area contributed by atoms with E-state index < -0.39 is 0 Å². The van der Waals surface area contributed by atoms with E-state index in [-0.39, 0.29) is 36.8 Å². The first-order chi connectivity index (χ1) is 12.2. The number of piperazine rings is 1. The summed E-state index contributed by atoms with van der Waals surface area (Å²) in [6.07, 6.45) is 4.71. The highest BCUT2D eigenvalue weighted by molar-refractivity contribution is 5.95. The molecular formula is C20H28Cl2N4O. The summed E-state index contributed by atoms with van der Waals surface area (Å²) >= 11 is 0. The Morgan fingerprint density at radius 2 is 2.00 bits per heavy atom. The first-order valence-electron chi connectivity index (χ1n) is 8.93. The minimum absolute atomic E-state index is 0. The van der Waals surface area contributed by atoms with Gasteiger partial charge in [0, 0.05) is 56.9 Å². The van der Waals surface area contributed by atoms with Crippen LogP contribution in [0.15, 0.2) is 48.8 Å². The van der Waals surface area contributed by atoms with Gasteiger partial charge >= 0.3 is 0 Å². The zero-order valence-corrected chi connectivity index (χ0v) is 17.4. The van der Waals surface area contributed by atoms with Gasteiger partial charge in [0.1, 0.15) is 0 Å². The van der Waals surface area contributed by atoms with E-state index >= 15 is 0 Å². The van der Waals surface area contributed by atoms with Crippen molar-refractivity contribution in [2.75, 3.05) is 38.1 Å². The molecule has 2 aromatic rings. The second-order valence-corrected chi connectivity index (χ2v) is 6.47. The van der Waals surface area contributed by atoms with Crippen LogP contribution in [-0.2, 0) is 0 Å². The molecule has 1 amide bonds. The fraction of sp³-hybridized carbons (Fsp3) is 0.400. The van der Waals surface area contributed by atoms with E-state index in [1.807, 2.05) is 47.5 Å². The van der Waals surface area contributed by atoms with Crippen molar-refractivity contribution >= 4 is 36.4 Å². The second kappa shape index (κ2) is 11.1. The third-order valence-corrected chi connectivity index (χ3v) is 4.69. The number of carbonyl (C=O) groups excluding carboxylic acids is 1. The molecule has 1 unspecified atom stereocenters. The Morgan fingerprint density at radius 3 is 2.63 bits per heavy atom. The number of benzene rings is 1. The summed E-state index contributed by atoms with van der Waals surface area (Å²) < 4.78 is 0. The van der Waals surface area contributed by atoms with Gasteiger partial charge in [-0.25, -0.2) is 0 Å². The van der Waals surface area contributed by atoms with Crippen molar-refractivity contribution in [3.63, 3.8) is 0 Å². The molecule has 148 valence electrons. The van der Waals surface area contributed by atoms with E-state index in [0.29, 0.717) is 6.54 Å². The molecule has 1 aliphatic rings. The molecule has 0 saturated carbocycles. The van der Waals surface area contributed by atoms with Crippen LogP contribution in [0.4, 0.5) is 5.69 Å². The van der Waals surface area contributed by atoms with Crippen molar-refractivity contribution in [2.24, 2.45) is 0 Å². The molecule has 1 fully saturated rings. The fourth-order valence-electron chi connectivity index (χ4n) is 3.31. The number of halogens is 2. The topological polar surface area (TPSA) is 48.5 Å². The Kier molecular flexibility index (Phi) is 9.56. The molecule has 1 atom stereocenters. The molecule has 1 aromatic carbocycles. The quantitative estimate of drug-likeness (QED) is 0.818. The van der Waals surface area contributed by atoms with Gasteiger partial charge < -0.3 is 15.1 Å². The maximum Gasteiger partial charge on any atom is 0.254 e. The highest BCUT2D eigenvalue weighted by Crippen LogP contribution is 2.24. The summed E-state index contributed by atoms with van der Waals surface area (Å²) in [4.78, 5) is 21.4. The van der Waals surface area contributed by atoms with Crippen molar-refractivity contribution in [3.8, 4) is 0 Å². The molecule has 0 spiro atoms. The third kappa shape index (κ3) is 5.58. The van der Waals surface area contributed by atoms with Crippen molar-refractivity contribution in [1.29, 1.82) is 0 Å². The van der Waals surface area contributed by atoms with Crippen molar-refractivity contribution in [2.45, 2.75) is 19.4 Å². The Labute approximate surface area is 174 Å². The number of nitrogens with one attached hydrogen (secondary N) is 1. The van der Waals surface area contributed by atoms with Crippen LogP contribution in [-0.4, -0.2) is 49.0 Å². The predicted molar refractivity (Wildman–Crippen MR) is 115 cm³/mol. The minimum atomic E-state index is 0. The van der Waals surface area contributed by atoms with Crippen LogP contribution in [0.1, 0.15) is 35.3 Å². The van der Waals surface area contributed by atoms with E-state index in [1.165, 1.54) is 0 Å². The van der Waals surface area contributed by atoms with Crippen molar-refractivity contribution < 1.29 is 4.79 Å². The van der Waals surface area contributed by atoms with E-state index in [4.69, 9.17) is 0 Å². The van der Waals surface area contributed by atoms with Gasteiger partial charge in [0.15, 0.2) is 0 Å². The number of carbonyl (C=O) groups is 1. The van der Waals surface area contributed by atoms with Crippen LogP contribution >= 0.6 is 24.8 Å². The van der Waals surface area contributed by atoms with Crippen LogP contribution in [0.2, 0.25) is 0 Å². The van der Waals surface area contributed by atoms with Crippen LogP contribution < -0.4 is 10.2 Å². The Hall–Kier alpha value is -1.82. The van der Waals surface area contributed by atoms with Crippen LogP contribution in [0.3, 0.4) is 0 Å². The highest BCUT2D eigenvalue weighted by atomic mass is 35.5. The van der Waals surface area contributed by atoms with Gasteiger partial charge in [0.05, 0.1) is 6.04 Å². The van der Waals surface area contributed by atoms with Gasteiger partial charge in [-0.3, -0.25) is 9.78 Å². The standard InChI is InChI=1S/C20H26N4O.2ClH/c1-3-12-23(2)18-8-6-16(7-9-18)20(25)24-13-11-22-15-19(24)17-5-4-10-21-14-17;;/h4-10,14,19,22H,3,11-13,15H2,1-2H3;2*1H. The average Bonchev–Trinajstić information content (AvgIpc) is 2.68. The lowest BCUT2D eigenvalue weighted by molar-refractivity contribution is 0.0634. The van der Waals surface area contributed by atoms with Crippen LogP contribution in [0, 0.1) is 0 Å². The molecule has 0 radical (unpaired) electrons. The number of rotatable bonds is 5. The summed E-state index contributed by atoms with van der Waals surface area (Å²) in [5.74, 6) is 0.0834. The molecule has 1 aliphatic heterocycles. The Bertz CT molecular complexity index is 697. The summed E-state index contributed by atoms with van der Waals surface area (Å²) in [6, 6.07) is 11.9. The number of pyridine rings is 1. The molecule has 3 rings (SSSR count). The zero-order valence-electron chi connectivity index (χ0n) is 15.8. The van der Waals surface area contributed by atoms with Gasteiger partial charge in [0.2, 0.25) is 0 Å². The Morgan fingerprint density at radius 1 is 1.26 bits per heavy atom. The fourth-order valence-corrected chi connectivity index (χ4v) is 3.31. The Balaban J connectivity index is 0.00000182. The van der Waals surface area contributed by atoms with E-state index in [2.05, 4.69) is 29.2 Å². The smallest absolute Gasteiger partial charge is 0.254 e. The minimum Gasteiger partial charge on any atom is -0.375 e. The maximum absolute atomic E-state index is 13.1. The molecule has 27 heavy (non-hydrogen) atoms. The largest absolute Gasteiger partial charge is 0.375 e. The number of aromatic nitrogens is 1. The van der Waals surface area contributed by atoms with Gasteiger partial charge in [-0.1, -0.05) is 13.0 Å². The highest BCUT2D eigenvalue weighted by Gasteiger charge is 2.28. The molecule has 0 bridgehead atoms. The number of hydrogen-bond donors (Lipinski definition) is 1. The SMILES string of the molecule is CCCN(C)c1ccc(C(=O)N2CCNCC2c2cccnc2)cc1.Cl.Cl. The second-order valence-electron chi connectivity index (χ2n) is 6.47. The van der Waals surface area contributed by atoms with Crippen LogP contribution in [0.5, 0.6) is 0 Å². The van der Waals surface area contributed by atoms with E-state index in [9.17, 15) is 4.79 Å². The predicted octanol–water partition coefficient (Wildman–Crippen LogP) is 3.56. The maximum atomic E-state index is 13.1. The summed E-state index contributed by atoms with van der Waals surface area (Å²) in [6.45, 7) is 5.45. The molecular weight excluding hydrogens is 383 g/mol. The van der Waals surface area contributed by atoms with Crippen LogP contribution in [0.25, 0.3) is 0 Å². The first kappa shape index (κ1) is 23.2. The summed E-state index contributed by atoms with van der Waals surface area (Å²) in [7, 11) is 2.08. The van der Waals surface area contributed by atoms with E-state index in [0.717, 1.165) is 42.9 Å². The molecule has 2 heterocycles. The molecule has 0 aliphatic carbocycles. The average molecular weight is 411 g/mol. The zero-order chi connectivity index (χ0) is 17.6. The van der Waals surface area contributed by atoms with Gasteiger partial charge in [0.25, 0.3) is 5.91 Å². The molecule has 1 aromatic heterocycles. The molecule has 7 heteroatoms. The number of hydrogen-bond acceptors (Lipinski definition) is 4. The lowest BCUT2D eigenvalue weighted by atomic mass is 10.0. The lowest BCUT2D eigenvalue weighted by Gasteiger charge is -2.36. The lowest BCUT2D eigenvalue weighted by Crippen LogP contribution is -2.48. The number of nitrogens with zero attached hydrogens (tertiary/aromatic N) is 3. The molecule has 1 N–H and O–H groups in total. The molecule has 5 nitrogen and oxygen atoms in total. The normalized spacial score (nSPS) is 16.1. The van der Waals surface area contributed by atoms with Gasteiger partial charge in [-0.2, -0.15) is 0 Å². The van der Waals surface area contributed by atoms with E-state index in [1.54, 1.807) is 6.20 Å². The first-order valence-corrected chi connectivity index (χ1v) is 8.93.